The maximum absolute atomic E-state index is 13.3. The molecule has 2 heterocycles. The molecule has 2 aromatic heterocycles. The van der Waals surface area contributed by atoms with E-state index in [4.69, 9.17) is 20.9 Å². The molecule has 0 aliphatic carbocycles. The Morgan fingerprint density at radius 3 is 1.48 bits per heavy atom. The van der Waals surface area contributed by atoms with E-state index in [0.717, 1.165) is 51.4 Å². The lowest BCUT2D eigenvalue weighted by Gasteiger charge is -2.54. The number of ether oxygens (including phenoxy) is 2. The smallest absolute Gasteiger partial charge is 0.306 e. The zero-order chi connectivity index (χ0) is 29.5. The van der Waals surface area contributed by atoms with Crippen molar-refractivity contribution < 1.29 is 19.1 Å². The first-order chi connectivity index (χ1) is 19.2. The van der Waals surface area contributed by atoms with Crippen molar-refractivity contribution in [3.05, 3.63) is 60.2 Å². The summed E-state index contributed by atoms with van der Waals surface area (Å²) in [7, 11) is 0. The third-order valence-electron chi connectivity index (χ3n) is 8.27. The molecular formula is C32H50N4O4. The molecule has 40 heavy (non-hydrogen) atoms. The van der Waals surface area contributed by atoms with Crippen LogP contribution < -0.4 is 11.5 Å². The Labute approximate surface area is 240 Å². The number of pyridine rings is 2. The lowest BCUT2D eigenvalue weighted by atomic mass is 9.53. The summed E-state index contributed by atoms with van der Waals surface area (Å²) >= 11 is 0. The number of esters is 2. The number of carbonyl (C=O) groups is 2. The van der Waals surface area contributed by atoms with Gasteiger partial charge in [-0.3, -0.25) is 19.6 Å². The SMILES string of the molecule is CCCCCCOC(=O)CC(C)(c1ccccn1)C(N)(CN)C(C)(CC(=O)OCCCCCC)c1ccccn1. The van der Waals surface area contributed by atoms with Crippen molar-refractivity contribution in [1.82, 2.24) is 9.97 Å². The van der Waals surface area contributed by atoms with E-state index in [1.54, 1.807) is 12.4 Å². The van der Waals surface area contributed by atoms with Crippen LogP contribution in [0.4, 0.5) is 0 Å². The Morgan fingerprint density at radius 1 is 0.725 bits per heavy atom. The molecule has 8 nitrogen and oxygen atoms in total. The number of carbonyl (C=O) groups excluding carboxylic acids is 2. The molecular weight excluding hydrogens is 504 g/mol. The van der Waals surface area contributed by atoms with Gasteiger partial charge in [0.15, 0.2) is 0 Å². The molecule has 8 heteroatoms. The van der Waals surface area contributed by atoms with E-state index in [2.05, 4.69) is 23.8 Å². The van der Waals surface area contributed by atoms with Gasteiger partial charge in [-0.15, -0.1) is 0 Å². The van der Waals surface area contributed by atoms with E-state index < -0.39 is 16.4 Å². The van der Waals surface area contributed by atoms with E-state index >= 15 is 0 Å². The second-order valence-electron chi connectivity index (χ2n) is 11.2. The van der Waals surface area contributed by atoms with Crippen LogP contribution in [0.5, 0.6) is 0 Å². The van der Waals surface area contributed by atoms with Gasteiger partial charge in [0.05, 0.1) is 31.6 Å². The Hall–Kier alpha value is -2.84. The van der Waals surface area contributed by atoms with E-state index in [0.29, 0.717) is 24.6 Å². The molecule has 0 saturated carbocycles. The van der Waals surface area contributed by atoms with Crippen LogP contribution in [-0.2, 0) is 29.9 Å². The molecule has 0 fully saturated rings. The molecule has 0 spiro atoms. The van der Waals surface area contributed by atoms with Crippen molar-refractivity contribution in [2.24, 2.45) is 11.5 Å². The van der Waals surface area contributed by atoms with Gasteiger partial charge in [-0.2, -0.15) is 0 Å². The summed E-state index contributed by atoms with van der Waals surface area (Å²) < 4.78 is 11.3. The Kier molecular flexibility index (Phi) is 13.7. The largest absolute Gasteiger partial charge is 0.466 e. The molecule has 0 aliphatic rings. The number of nitrogens with zero attached hydrogens (tertiary/aromatic N) is 2. The third-order valence-corrected chi connectivity index (χ3v) is 8.27. The normalized spacial score (nSPS) is 15.8. The van der Waals surface area contributed by atoms with Crippen LogP contribution in [0.2, 0.25) is 0 Å². The maximum atomic E-state index is 13.3. The molecule has 0 aliphatic heterocycles. The highest BCUT2D eigenvalue weighted by molar-refractivity contribution is 5.74. The molecule has 2 rings (SSSR count). The predicted molar refractivity (Wildman–Crippen MR) is 159 cm³/mol. The Bertz CT molecular complexity index is 943. The van der Waals surface area contributed by atoms with Gasteiger partial charge in [-0.1, -0.05) is 78.4 Å². The highest BCUT2D eigenvalue weighted by Crippen LogP contribution is 2.49. The van der Waals surface area contributed by atoms with Crippen molar-refractivity contribution in [2.45, 2.75) is 108 Å². The van der Waals surface area contributed by atoms with Gasteiger partial charge in [0, 0.05) is 41.2 Å². The minimum atomic E-state index is -1.34. The second kappa shape index (κ2) is 16.4. The summed E-state index contributed by atoms with van der Waals surface area (Å²) in [6, 6.07) is 11.0. The molecule has 2 aromatic rings. The van der Waals surface area contributed by atoms with Crippen LogP contribution in [0.1, 0.15) is 103 Å². The van der Waals surface area contributed by atoms with Gasteiger partial charge < -0.3 is 20.9 Å². The van der Waals surface area contributed by atoms with Crippen molar-refractivity contribution in [2.75, 3.05) is 19.8 Å². The van der Waals surface area contributed by atoms with E-state index in [1.807, 2.05) is 50.2 Å². The van der Waals surface area contributed by atoms with Gasteiger partial charge in [-0.05, 0) is 37.1 Å². The number of nitrogens with two attached hydrogens (primary N) is 2. The van der Waals surface area contributed by atoms with Crippen LogP contribution >= 0.6 is 0 Å². The number of hydrogen-bond donors (Lipinski definition) is 2. The number of unbranched alkanes of at least 4 members (excludes halogenated alkanes) is 6. The summed E-state index contributed by atoms with van der Waals surface area (Å²) in [4.78, 5) is 35.8. The van der Waals surface area contributed by atoms with E-state index in [9.17, 15) is 9.59 Å². The van der Waals surface area contributed by atoms with Crippen LogP contribution in [0, 0.1) is 0 Å². The van der Waals surface area contributed by atoms with Gasteiger partial charge in [-0.25, -0.2) is 0 Å². The fourth-order valence-electron chi connectivity index (χ4n) is 5.50. The molecule has 0 radical (unpaired) electrons. The van der Waals surface area contributed by atoms with Gasteiger partial charge >= 0.3 is 11.9 Å². The molecule has 0 amide bonds. The molecule has 4 N–H and O–H groups in total. The molecule has 222 valence electrons. The summed E-state index contributed by atoms with van der Waals surface area (Å²) in [5.41, 5.74) is 11.6. The van der Waals surface area contributed by atoms with Crippen molar-refractivity contribution >= 4 is 11.9 Å². The maximum Gasteiger partial charge on any atom is 0.306 e. The van der Waals surface area contributed by atoms with Crippen LogP contribution in [0.25, 0.3) is 0 Å². The minimum Gasteiger partial charge on any atom is -0.466 e. The summed E-state index contributed by atoms with van der Waals surface area (Å²) in [5.74, 6) is -0.760. The number of hydrogen-bond acceptors (Lipinski definition) is 8. The first-order valence-electron chi connectivity index (χ1n) is 14.8. The molecule has 2 unspecified atom stereocenters. The quantitative estimate of drug-likeness (QED) is 0.175. The Balaban J connectivity index is 2.48. The zero-order valence-electron chi connectivity index (χ0n) is 25.0. The molecule has 0 saturated heterocycles. The average Bonchev–Trinajstić information content (AvgIpc) is 2.97. The monoisotopic (exact) mass is 554 g/mol. The fourth-order valence-corrected chi connectivity index (χ4v) is 5.50. The number of aromatic nitrogens is 2. The van der Waals surface area contributed by atoms with Crippen molar-refractivity contribution in [3.8, 4) is 0 Å². The second-order valence-corrected chi connectivity index (χ2v) is 11.2. The van der Waals surface area contributed by atoms with Crippen molar-refractivity contribution in [1.29, 1.82) is 0 Å². The van der Waals surface area contributed by atoms with Gasteiger partial charge in [0.25, 0.3) is 0 Å². The highest BCUT2D eigenvalue weighted by atomic mass is 16.5. The Morgan fingerprint density at radius 2 is 1.15 bits per heavy atom. The summed E-state index contributed by atoms with van der Waals surface area (Å²) in [5, 5.41) is 0. The minimum absolute atomic E-state index is 0.0410. The molecule has 0 aromatic carbocycles. The zero-order valence-corrected chi connectivity index (χ0v) is 25.0. The van der Waals surface area contributed by atoms with E-state index in [-0.39, 0.29) is 31.3 Å². The van der Waals surface area contributed by atoms with Gasteiger partial charge in [0.2, 0.25) is 0 Å². The van der Waals surface area contributed by atoms with E-state index in [1.165, 1.54) is 0 Å². The summed E-state index contributed by atoms with van der Waals surface area (Å²) in [6.45, 7) is 8.70. The topological polar surface area (TPSA) is 130 Å². The van der Waals surface area contributed by atoms with Crippen LogP contribution in [-0.4, -0.2) is 47.2 Å². The summed E-state index contributed by atoms with van der Waals surface area (Å²) in [6.07, 6.45) is 11.2. The standard InChI is InChI=1S/C32H50N4O4/c1-5-7-9-15-21-39-28(37)23-30(3,26-17-11-13-19-35-26)32(34,25-33)31(4,27-18-12-14-20-36-27)24-29(38)40-22-16-10-8-6-2/h11-14,17-20H,5-10,15-16,21-25,33-34H2,1-4H3. The fraction of sp³-hybridized carbons (Fsp3) is 0.625. The van der Waals surface area contributed by atoms with Gasteiger partial charge in [0.1, 0.15) is 0 Å². The van der Waals surface area contributed by atoms with Crippen LogP contribution in [0.3, 0.4) is 0 Å². The molecule has 2 atom stereocenters. The average molecular weight is 555 g/mol. The predicted octanol–water partition coefficient (Wildman–Crippen LogP) is 5.38. The first kappa shape index (κ1) is 33.4. The lowest BCUT2D eigenvalue weighted by Crippen LogP contribution is -2.72. The lowest BCUT2D eigenvalue weighted by molar-refractivity contribution is -0.147. The third kappa shape index (κ3) is 8.33. The highest BCUT2D eigenvalue weighted by Gasteiger charge is 2.60. The molecule has 0 bridgehead atoms. The van der Waals surface area contributed by atoms with Crippen LogP contribution in [0.15, 0.2) is 48.8 Å². The number of rotatable bonds is 19. The van der Waals surface area contributed by atoms with Crippen molar-refractivity contribution in [3.63, 3.8) is 0 Å². The first-order valence-corrected chi connectivity index (χ1v) is 14.8.